The average Bonchev–Trinajstić information content (AvgIpc) is 2.99. The standard InChI is InChI=1S/C18H16F2N4O4S/c1-11-14(6-4-7-21-11)29(27,28)24-10-12(9-23(2)18(25)26)15(19)16(24)13-5-3-8-22-17(13)20/h3-8,10H,9H2,1-2H3,(H,25,26). The first-order valence-electron chi connectivity index (χ1n) is 8.26. The molecule has 3 heterocycles. The van der Waals surface area contributed by atoms with E-state index in [-0.39, 0.29) is 21.7 Å². The van der Waals surface area contributed by atoms with Crippen LogP contribution in [0.5, 0.6) is 0 Å². The van der Waals surface area contributed by atoms with E-state index in [1.54, 1.807) is 0 Å². The third kappa shape index (κ3) is 3.68. The molecule has 0 aliphatic rings. The number of carboxylic acid groups (broad SMARTS) is 1. The summed E-state index contributed by atoms with van der Waals surface area (Å²) in [5.41, 5.74) is -1.02. The second-order valence-corrected chi connectivity index (χ2v) is 7.97. The molecule has 0 saturated carbocycles. The van der Waals surface area contributed by atoms with Crippen LogP contribution in [0.15, 0.2) is 47.8 Å². The van der Waals surface area contributed by atoms with Crippen molar-refractivity contribution in [2.45, 2.75) is 18.4 Å². The molecule has 0 fully saturated rings. The number of hydrogen-bond donors (Lipinski definition) is 1. The lowest BCUT2D eigenvalue weighted by Gasteiger charge is -2.12. The van der Waals surface area contributed by atoms with E-state index in [1.165, 1.54) is 44.4 Å². The number of aromatic nitrogens is 3. The Kier molecular flexibility index (Phi) is 5.33. The molecule has 3 aromatic heterocycles. The fraction of sp³-hybridized carbons (Fsp3) is 0.167. The summed E-state index contributed by atoms with van der Waals surface area (Å²) in [4.78, 5) is 19.1. The molecule has 0 saturated heterocycles. The van der Waals surface area contributed by atoms with Gasteiger partial charge in [-0.2, -0.15) is 4.39 Å². The Morgan fingerprint density at radius 2 is 1.86 bits per heavy atom. The number of hydrogen-bond acceptors (Lipinski definition) is 5. The van der Waals surface area contributed by atoms with Gasteiger partial charge in [0.25, 0.3) is 10.0 Å². The van der Waals surface area contributed by atoms with Gasteiger partial charge >= 0.3 is 6.09 Å². The van der Waals surface area contributed by atoms with Crippen LogP contribution in [-0.4, -0.2) is 45.5 Å². The lowest BCUT2D eigenvalue weighted by molar-refractivity contribution is 0.153. The molecule has 3 aromatic rings. The van der Waals surface area contributed by atoms with Crippen molar-refractivity contribution in [3.05, 3.63) is 65.9 Å². The van der Waals surface area contributed by atoms with E-state index in [1.807, 2.05) is 0 Å². The summed E-state index contributed by atoms with van der Waals surface area (Å²) in [5.74, 6) is -2.13. The van der Waals surface area contributed by atoms with Gasteiger partial charge in [-0.25, -0.2) is 26.6 Å². The van der Waals surface area contributed by atoms with Crippen molar-refractivity contribution in [1.82, 2.24) is 18.8 Å². The molecule has 0 aliphatic heterocycles. The Bertz CT molecular complexity index is 1190. The molecule has 29 heavy (non-hydrogen) atoms. The van der Waals surface area contributed by atoms with Crippen LogP contribution in [0.1, 0.15) is 11.3 Å². The molecule has 11 heteroatoms. The predicted octanol–water partition coefficient (Wildman–Crippen LogP) is 2.88. The Morgan fingerprint density at radius 1 is 1.21 bits per heavy atom. The zero-order valence-corrected chi connectivity index (χ0v) is 16.2. The maximum atomic E-state index is 15.2. The van der Waals surface area contributed by atoms with Gasteiger partial charge in [-0.1, -0.05) is 0 Å². The van der Waals surface area contributed by atoms with E-state index in [4.69, 9.17) is 5.11 Å². The number of pyridine rings is 2. The normalized spacial score (nSPS) is 11.4. The molecule has 1 amide bonds. The Balaban J connectivity index is 2.30. The number of carbonyl (C=O) groups is 1. The van der Waals surface area contributed by atoms with Gasteiger partial charge in [-0.3, -0.25) is 4.98 Å². The van der Waals surface area contributed by atoms with Gasteiger partial charge in [-0.15, -0.1) is 0 Å². The van der Waals surface area contributed by atoms with Gasteiger partial charge in [0.2, 0.25) is 5.95 Å². The maximum Gasteiger partial charge on any atom is 0.407 e. The summed E-state index contributed by atoms with van der Waals surface area (Å²) in [6.45, 7) is 1.03. The highest BCUT2D eigenvalue weighted by Gasteiger charge is 2.30. The number of amides is 1. The maximum absolute atomic E-state index is 15.2. The minimum atomic E-state index is -4.37. The van der Waals surface area contributed by atoms with Gasteiger partial charge in [-0.05, 0) is 31.2 Å². The number of nitrogens with zero attached hydrogens (tertiary/aromatic N) is 4. The molecule has 0 atom stereocenters. The van der Waals surface area contributed by atoms with Gasteiger partial charge in [0.05, 0.1) is 17.8 Å². The van der Waals surface area contributed by atoms with Gasteiger partial charge < -0.3 is 10.0 Å². The van der Waals surface area contributed by atoms with Crippen molar-refractivity contribution in [3.63, 3.8) is 0 Å². The van der Waals surface area contributed by atoms with Crippen LogP contribution in [0.25, 0.3) is 11.3 Å². The first-order valence-corrected chi connectivity index (χ1v) is 9.70. The summed E-state index contributed by atoms with van der Waals surface area (Å²) in [6.07, 6.45) is 2.15. The van der Waals surface area contributed by atoms with Gasteiger partial charge in [0.15, 0.2) is 5.82 Å². The van der Waals surface area contributed by atoms with Crippen LogP contribution in [-0.2, 0) is 16.6 Å². The van der Waals surface area contributed by atoms with Crippen molar-refractivity contribution >= 4 is 16.1 Å². The van der Waals surface area contributed by atoms with Crippen molar-refractivity contribution in [2.75, 3.05) is 7.05 Å². The lowest BCUT2D eigenvalue weighted by Crippen LogP contribution is -2.24. The van der Waals surface area contributed by atoms with Crippen molar-refractivity contribution < 1.29 is 27.1 Å². The lowest BCUT2D eigenvalue weighted by atomic mass is 10.2. The van der Waals surface area contributed by atoms with Gasteiger partial charge in [0.1, 0.15) is 10.6 Å². The zero-order valence-electron chi connectivity index (χ0n) is 15.4. The van der Waals surface area contributed by atoms with E-state index in [2.05, 4.69) is 9.97 Å². The van der Waals surface area contributed by atoms with E-state index in [9.17, 15) is 17.6 Å². The molecule has 0 spiro atoms. The van der Waals surface area contributed by atoms with Gasteiger partial charge in [0, 0.05) is 31.2 Å². The van der Waals surface area contributed by atoms with Crippen LogP contribution >= 0.6 is 0 Å². The van der Waals surface area contributed by atoms with E-state index in [0.717, 1.165) is 17.3 Å². The molecule has 8 nitrogen and oxygen atoms in total. The second-order valence-electron chi connectivity index (χ2n) is 6.19. The fourth-order valence-corrected chi connectivity index (χ4v) is 4.36. The highest BCUT2D eigenvalue weighted by molar-refractivity contribution is 7.90. The predicted molar refractivity (Wildman–Crippen MR) is 98.6 cm³/mol. The number of rotatable bonds is 5. The summed E-state index contributed by atoms with van der Waals surface area (Å²) >= 11 is 0. The van der Waals surface area contributed by atoms with Crippen LogP contribution < -0.4 is 0 Å². The molecule has 0 aliphatic carbocycles. The molecule has 3 rings (SSSR count). The monoisotopic (exact) mass is 422 g/mol. The van der Waals surface area contributed by atoms with Crippen molar-refractivity contribution in [1.29, 1.82) is 0 Å². The second kappa shape index (κ2) is 7.59. The zero-order chi connectivity index (χ0) is 21.3. The van der Waals surface area contributed by atoms with Crippen molar-refractivity contribution in [3.8, 4) is 11.3 Å². The summed E-state index contributed by atoms with van der Waals surface area (Å²) in [5, 5.41) is 9.05. The molecule has 1 N–H and O–H groups in total. The molecule has 0 unspecified atom stereocenters. The van der Waals surface area contributed by atoms with Crippen LogP contribution in [0, 0.1) is 18.7 Å². The topological polar surface area (TPSA) is 105 Å². The minimum absolute atomic E-state index is 0.170. The highest BCUT2D eigenvalue weighted by Crippen LogP contribution is 2.32. The third-order valence-electron chi connectivity index (χ3n) is 4.23. The summed E-state index contributed by atoms with van der Waals surface area (Å²) in [6, 6.07) is 5.22. The fourth-order valence-electron chi connectivity index (χ4n) is 2.78. The van der Waals surface area contributed by atoms with Crippen molar-refractivity contribution in [2.24, 2.45) is 0 Å². The first kappa shape index (κ1) is 20.4. The molecule has 152 valence electrons. The molecular weight excluding hydrogens is 406 g/mol. The average molecular weight is 422 g/mol. The van der Waals surface area contributed by atoms with E-state index >= 15 is 4.39 Å². The number of aryl methyl sites for hydroxylation is 1. The van der Waals surface area contributed by atoms with Crippen LogP contribution in [0.4, 0.5) is 13.6 Å². The molecule has 0 bridgehead atoms. The molecular formula is C18H16F2N4O4S. The summed E-state index contributed by atoms with van der Waals surface area (Å²) < 4.78 is 56.6. The number of halogens is 2. The minimum Gasteiger partial charge on any atom is -0.465 e. The largest absolute Gasteiger partial charge is 0.465 e. The third-order valence-corrected chi connectivity index (χ3v) is 6.02. The van der Waals surface area contributed by atoms with E-state index < -0.39 is 40.1 Å². The Morgan fingerprint density at radius 3 is 2.48 bits per heavy atom. The molecule has 0 radical (unpaired) electrons. The summed E-state index contributed by atoms with van der Waals surface area (Å²) in [7, 11) is -3.17. The molecule has 0 aromatic carbocycles. The highest BCUT2D eigenvalue weighted by atomic mass is 32.2. The van der Waals surface area contributed by atoms with Crippen LogP contribution in [0.2, 0.25) is 0 Å². The quantitative estimate of drug-likeness (QED) is 0.634. The van der Waals surface area contributed by atoms with Crippen LogP contribution in [0.3, 0.4) is 0 Å². The van der Waals surface area contributed by atoms with E-state index in [0.29, 0.717) is 3.97 Å². The smallest absolute Gasteiger partial charge is 0.407 e. The Labute approximate surface area is 165 Å². The SMILES string of the molecule is Cc1ncccc1S(=O)(=O)n1cc(CN(C)C(=O)O)c(F)c1-c1cccnc1F. The Hall–Kier alpha value is -3.34. The first-order chi connectivity index (χ1) is 13.6.